The van der Waals surface area contributed by atoms with Gasteiger partial charge in [-0.1, -0.05) is 12.5 Å². The number of hydrogen-bond donors (Lipinski definition) is 4. The van der Waals surface area contributed by atoms with Crippen molar-refractivity contribution in [1.29, 1.82) is 0 Å². The van der Waals surface area contributed by atoms with E-state index in [1.165, 1.54) is 0 Å². The van der Waals surface area contributed by atoms with Crippen LogP contribution < -0.4 is 21.9 Å². The summed E-state index contributed by atoms with van der Waals surface area (Å²) in [5.74, 6) is 0.141. The summed E-state index contributed by atoms with van der Waals surface area (Å²) in [7, 11) is 0. The highest BCUT2D eigenvalue weighted by molar-refractivity contribution is 6.11. The van der Waals surface area contributed by atoms with Gasteiger partial charge in [-0.2, -0.15) is 4.98 Å². The van der Waals surface area contributed by atoms with Gasteiger partial charge in [0.1, 0.15) is 11.6 Å². The zero-order valence-electron chi connectivity index (χ0n) is 18.2. The minimum Gasteiger partial charge on any atom is -0.508 e. The second-order valence-corrected chi connectivity index (χ2v) is 8.66. The van der Waals surface area contributed by atoms with Crippen LogP contribution in [-0.4, -0.2) is 33.7 Å². The van der Waals surface area contributed by atoms with E-state index < -0.39 is 5.91 Å². The van der Waals surface area contributed by atoms with Crippen molar-refractivity contribution in [2.24, 2.45) is 16.9 Å². The first-order valence-electron chi connectivity index (χ1n) is 10.4. The number of nitrogens with zero attached hydrogens (tertiary/aromatic N) is 2. The predicted octanol–water partition coefficient (Wildman–Crippen LogP) is 2.85. The lowest BCUT2D eigenvalue weighted by Crippen LogP contribution is -2.42. The fourth-order valence-electron chi connectivity index (χ4n) is 4.41. The fraction of sp³-hybridized carbons (Fsp3) is 0.391. The van der Waals surface area contributed by atoms with Gasteiger partial charge in [-0.3, -0.25) is 9.36 Å². The van der Waals surface area contributed by atoms with Crippen molar-refractivity contribution in [3.05, 3.63) is 40.5 Å². The first kappa shape index (κ1) is 21.0. The second kappa shape index (κ2) is 7.46. The maximum Gasteiger partial charge on any atom is 0.253 e. The largest absolute Gasteiger partial charge is 0.508 e. The summed E-state index contributed by atoms with van der Waals surface area (Å²) in [6.45, 7) is 6.64. The monoisotopic (exact) mass is 423 g/mol. The van der Waals surface area contributed by atoms with Gasteiger partial charge in [-0.15, -0.1) is 0 Å². The number of phenols is 1. The molecule has 1 aliphatic carbocycles. The summed E-state index contributed by atoms with van der Waals surface area (Å²) in [5.41, 5.74) is 21.7. The van der Waals surface area contributed by atoms with Crippen molar-refractivity contribution in [1.82, 2.24) is 9.55 Å². The SMILES string of the molecule is Cc1cc2c(C(N)=O)c(N)n(-c3c(C)ccc(O)c3C)c2nc1OCC1(CN)CCC1. The third kappa shape index (κ3) is 3.27. The third-order valence-electron chi connectivity index (χ3n) is 6.56. The van der Waals surface area contributed by atoms with Crippen LogP contribution in [0.25, 0.3) is 16.7 Å². The van der Waals surface area contributed by atoms with E-state index in [4.69, 9.17) is 26.9 Å². The van der Waals surface area contributed by atoms with Gasteiger partial charge in [0.15, 0.2) is 5.65 Å². The van der Waals surface area contributed by atoms with E-state index in [1.807, 2.05) is 19.9 Å². The minimum atomic E-state index is -0.636. The number of fused-ring (bicyclic) bond motifs is 1. The van der Waals surface area contributed by atoms with E-state index in [9.17, 15) is 9.90 Å². The van der Waals surface area contributed by atoms with Gasteiger partial charge in [0, 0.05) is 28.5 Å². The smallest absolute Gasteiger partial charge is 0.253 e. The number of aromatic hydroxyl groups is 1. The van der Waals surface area contributed by atoms with E-state index in [1.54, 1.807) is 23.6 Å². The molecule has 1 aliphatic rings. The highest BCUT2D eigenvalue weighted by atomic mass is 16.5. The van der Waals surface area contributed by atoms with Crippen molar-refractivity contribution in [3.8, 4) is 17.3 Å². The summed E-state index contributed by atoms with van der Waals surface area (Å²) in [4.78, 5) is 17.0. The topological polar surface area (TPSA) is 142 Å². The molecule has 2 heterocycles. The van der Waals surface area contributed by atoms with Crippen molar-refractivity contribution in [2.45, 2.75) is 40.0 Å². The Bertz CT molecular complexity index is 1190. The Kier molecular flexibility index (Phi) is 5.05. The number of nitrogens with two attached hydrogens (primary N) is 3. The zero-order valence-corrected chi connectivity index (χ0v) is 18.2. The molecule has 2 aromatic heterocycles. The third-order valence-corrected chi connectivity index (χ3v) is 6.56. The number of rotatable bonds is 6. The molecule has 31 heavy (non-hydrogen) atoms. The van der Waals surface area contributed by atoms with Crippen LogP contribution in [0.15, 0.2) is 18.2 Å². The van der Waals surface area contributed by atoms with Crippen LogP contribution in [0.4, 0.5) is 5.82 Å². The Morgan fingerprint density at radius 2 is 1.97 bits per heavy atom. The number of aryl methyl sites for hydroxylation is 2. The van der Waals surface area contributed by atoms with Gasteiger partial charge >= 0.3 is 0 Å². The molecule has 1 saturated carbocycles. The maximum absolute atomic E-state index is 12.3. The van der Waals surface area contributed by atoms with Crippen molar-refractivity contribution in [2.75, 3.05) is 18.9 Å². The molecular formula is C23H29N5O3. The van der Waals surface area contributed by atoms with Crippen LogP contribution in [-0.2, 0) is 0 Å². The molecule has 0 radical (unpaired) electrons. The predicted molar refractivity (Wildman–Crippen MR) is 121 cm³/mol. The van der Waals surface area contributed by atoms with Gasteiger partial charge in [-0.25, -0.2) is 0 Å². The summed E-state index contributed by atoms with van der Waals surface area (Å²) in [5, 5.41) is 10.8. The molecule has 4 rings (SSSR count). The summed E-state index contributed by atoms with van der Waals surface area (Å²) in [6.07, 6.45) is 3.24. The molecule has 0 atom stereocenters. The van der Waals surface area contributed by atoms with E-state index in [0.717, 1.165) is 30.4 Å². The molecule has 0 bridgehead atoms. The normalized spacial score (nSPS) is 15.1. The number of nitrogen functional groups attached to an aromatic ring is 1. The number of amides is 1. The lowest BCUT2D eigenvalue weighted by Gasteiger charge is -2.40. The number of carbonyl (C=O) groups excluding carboxylic acids is 1. The standard InChI is InChI=1S/C23H29N5O3/c1-12-5-6-16(29)14(3)18(12)28-19(25)17(20(26)30)15-9-13(2)22(27-21(15)28)31-11-23(10-24)7-4-8-23/h5-6,9,29H,4,7-8,10-11,24-25H2,1-3H3,(H2,26,30). The molecule has 1 aromatic carbocycles. The number of carbonyl (C=O) groups is 1. The molecule has 164 valence electrons. The van der Waals surface area contributed by atoms with E-state index in [0.29, 0.717) is 41.3 Å². The highest BCUT2D eigenvalue weighted by Gasteiger charge is 2.37. The lowest BCUT2D eigenvalue weighted by molar-refractivity contribution is 0.0641. The fourth-order valence-corrected chi connectivity index (χ4v) is 4.41. The molecule has 7 N–H and O–H groups in total. The van der Waals surface area contributed by atoms with Crippen molar-refractivity contribution in [3.63, 3.8) is 0 Å². The Hall–Kier alpha value is -3.26. The Balaban J connectivity index is 1.93. The molecule has 8 nitrogen and oxygen atoms in total. The molecule has 1 fully saturated rings. The van der Waals surface area contributed by atoms with E-state index >= 15 is 0 Å². The molecule has 0 saturated heterocycles. The maximum atomic E-state index is 12.3. The molecule has 0 unspecified atom stereocenters. The molecule has 3 aromatic rings. The summed E-state index contributed by atoms with van der Waals surface area (Å²) in [6, 6.07) is 5.25. The number of ether oxygens (including phenoxy) is 1. The van der Waals surface area contributed by atoms with E-state index in [-0.39, 0.29) is 22.5 Å². The number of anilines is 1. The number of benzene rings is 1. The Morgan fingerprint density at radius 3 is 2.55 bits per heavy atom. The summed E-state index contributed by atoms with van der Waals surface area (Å²) >= 11 is 0. The van der Waals surface area contributed by atoms with Crippen molar-refractivity contribution < 1.29 is 14.6 Å². The quantitative estimate of drug-likeness (QED) is 0.480. The van der Waals surface area contributed by atoms with Crippen LogP contribution in [0.2, 0.25) is 0 Å². The van der Waals surface area contributed by atoms with Crippen molar-refractivity contribution >= 4 is 22.8 Å². The first-order chi connectivity index (χ1) is 14.7. The van der Waals surface area contributed by atoms with Crippen LogP contribution in [0.5, 0.6) is 11.6 Å². The lowest BCUT2D eigenvalue weighted by atomic mass is 9.69. The zero-order chi connectivity index (χ0) is 22.5. The second-order valence-electron chi connectivity index (χ2n) is 8.66. The van der Waals surface area contributed by atoms with Crippen LogP contribution >= 0.6 is 0 Å². The van der Waals surface area contributed by atoms with Gasteiger partial charge < -0.3 is 27.0 Å². The molecule has 0 aliphatic heterocycles. The van der Waals surface area contributed by atoms with Gasteiger partial charge in [0.2, 0.25) is 5.88 Å². The van der Waals surface area contributed by atoms with Crippen LogP contribution in [0.1, 0.15) is 46.3 Å². The Labute approximate surface area is 181 Å². The van der Waals surface area contributed by atoms with Gasteiger partial charge in [-0.05, 0) is 51.3 Å². The first-order valence-corrected chi connectivity index (χ1v) is 10.4. The van der Waals surface area contributed by atoms with Crippen LogP contribution in [0.3, 0.4) is 0 Å². The highest BCUT2D eigenvalue weighted by Crippen LogP contribution is 2.41. The average Bonchev–Trinajstić information content (AvgIpc) is 2.96. The number of pyridine rings is 1. The van der Waals surface area contributed by atoms with E-state index in [2.05, 4.69) is 0 Å². The van der Waals surface area contributed by atoms with Crippen LogP contribution in [0, 0.1) is 26.2 Å². The average molecular weight is 424 g/mol. The van der Waals surface area contributed by atoms with Gasteiger partial charge in [0.25, 0.3) is 5.91 Å². The Morgan fingerprint density at radius 1 is 1.26 bits per heavy atom. The minimum absolute atomic E-state index is 0.000873. The molecule has 0 spiro atoms. The number of phenolic OH excluding ortho intramolecular Hbond substituents is 1. The molecular weight excluding hydrogens is 394 g/mol. The van der Waals surface area contributed by atoms with Gasteiger partial charge in [0.05, 0.1) is 17.9 Å². The number of aromatic nitrogens is 2. The number of primary amides is 1. The summed E-state index contributed by atoms with van der Waals surface area (Å²) < 4.78 is 7.79. The molecule has 1 amide bonds. The number of hydrogen-bond acceptors (Lipinski definition) is 6. The molecule has 8 heteroatoms.